The summed E-state index contributed by atoms with van der Waals surface area (Å²) in [6.07, 6.45) is 0. The molecule has 4 heteroatoms. The Kier molecular flexibility index (Phi) is 2.08. The van der Waals surface area contributed by atoms with E-state index >= 15 is 0 Å². The third kappa shape index (κ3) is 4.44. The van der Waals surface area contributed by atoms with Crippen LogP contribution in [0.2, 0.25) is 0 Å². The van der Waals surface area contributed by atoms with E-state index < -0.39 is 4.55 Å². The Labute approximate surface area is 45.9 Å². The summed E-state index contributed by atoms with van der Waals surface area (Å²) in [6.45, 7) is 0.191. The van der Waals surface area contributed by atoms with E-state index in [-0.39, 0.29) is 6.54 Å². The van der Waals surface area contributed by atoms with Crippen LogP contribution < -0.4 is 5.73 Å². The Hall–Kier alpha value is 0.440. The molecule has 0 saturated carbocycles. The molecule has 0 spiro atoms. The maximum atomic E-state index is 5.05. The topological polar surface area (TPSA) is 26.0 Å². The second kappa shape index (κ2) is 1.94. The number of hydrogen-bond donors (Lipinski definition) is 2. The lowest BCUT2D eigenvalue weighted by Crippen LogP contribution is -2.32. The van der Waals surface area contributed by atoms with Gasteiger partial charge in [-0.3, -0.25) is 0 Å². The molecule has 0 heterocycles. The zero-order valence-electron chi connectivity index (χ0n) is 3.39. The molecular weight excluding hydrogens is 91.7 g/mol. The molecule has 0 aliphatic rings. The van der Waals surface area contributed by atoms with Crippen molar-refractivity contribution in [2.45, 2.75) is 4.55 Å². The Bertz CT molecular complexity index is 41.3. The maximum Gasteiger partial charge on any atom is 0.0776 e. The van der Waals surface area contributed by atoms with Crippen LogP contribution in [0.1, 0.15) is 0 Å². The highest BCUT2D eigenvalue weighted by atomic mass is 32.1. The van der Waals surface area contributed by atoms with Crippen molar-refractivity contribution in [3.05, 3.63) is 0 Å². The van der Waals surface area contributed by atoms with Gasteiger partial charge in [0.05, 0.1) is 15.7 Å². The van der Waals surface area contributed by atoms with Gasteiger partial charge >= 0.3 is 0 Å². The number of hydrogen-bond acceptors (Lipinski definition) is 2. The molecule has 0 aromatic heterocycles. The van der Waals surface area contributed by atoms with Crippen LogP contribution >= 0.6 is 12.6 Å². The summed E-state index contributed by atoms with van der Waals surface area (Å²) >= 11 is 3.69. The van der Waals surface area contributed by atoms with E-state index in [0.717, 1.165) is 0 Å². The molecule has 6 heavy (non-hydrogen) atoms. The second-order valence-electron chi connectivity index (χ2n) is 1.20. The van der Waals surface area contributed by atoms with Crippen LogP contribution in [0.25, 0.3) is 0 Å². The summed E-state index contributed by atoms with van der Waals surface area (Å²) in [4.78, 5) is 0. The van der Waals surface area contributed by atoms with Gasteiger partial charge in [0, 0.05) is 0 Å². The zero-order valence-corrected chi connectivity index (χ0v) is 4.28. The molecule has 0 unspecified atom stereocenters. The van der Waals surface area contributed by atoms with Crippen molar-refractivity contribution < 1.29 is 0 Å². The summed E-state index contributed by atoms with van der Waals surface area (Å²) in [7, 11) is 10.1. The first kappa shape index (κ1) is 6.44. The Morgan fingerprint density at radius 3 is 1.83 bits per heavy atom. The predicted molar refractivity (Wildman–Crippen MR) is 32.3 cm³/mol. The van der Waals surface area contributed by atoms with Gasteiger partial charge in [0.1, 0.15) is 0 Å². The maximum absolute atomic E-state index is 5.05. The average molecular weight is 96.8 g/mol. The van der Waals surface area contributed by atoms with Crippen molar-refractivity contribution in [1.29, 1.82) is 0 Å². The van der Waals surface area contributed by atoms with Gasteiger partial charge in [-0.1, -0.05) is 0 Å². The predicted octanol–water partition coefficient (Wildman–Crippen LogP) is -1.13. The minimum atomic E-state index is -0.986. The highest BCUT2D eigenvalue weighted by Gasteiger charge is 2.04. The van der Waals surface area contributed by atoms with Gasteiger partial charge < -0.3 is 5.73 Å². The van der Waals surface area contributed by atoms with Gasteiger partial charge in [0.15, 0.2) is 0 Å². The third-order valence-electron chi connectivity index (χ3n) is 0.327. The quantitative estimate of drug-likeness (QED) is 0.314. The molecule has 0 bridgehead atoms. The lowest BCUT2D eigenvalue weighted by Gasteiger charge is -2.12. The minimum absolute atomic E-state index is 0.191. The van der Waals surface area contributed by atoms with Gasteiger partial charge in [0.25, 0.3) is 0 Å². The second-order valence-corrected chi connectivity index (χ2v) is 2.03. The summed E-state index contributed by atoms with van der Waals surface area (Å²) in [5.74, 6) is 0. The highest BCUT2D eigenvalue weighted by Crippen LogP contribution is 1.96. The van der Waals surface area contributed by atoms with Crippen molar-refractivity contribution in [3.8, 4) is 0 Å². The molecule has 4 radical (unpaired) electrons. The number of nitrogens with two attached hydrogens (primary N) is 1. The Morgan fingerprint density at radius 2 is 1.83 bits per heavy atom. The number of rotatable bonds is 1. The minimum Gasteiger partial charge on any atom is -0.331 e. The van der Waals surface area contributed by atoms with Crippen LogP contribution in [0.5, 0.6) is 0 Å². The molecule has 2 N–H and O–H groups in total. The van der Waals surface area contributed by atoms with Gasteiger partial charge in [-0.25, -0.2) is 0 Å². The molecule has 1 nitrogen and oxygen atoms in total. The Morgan fingerprint density at radius 1 is 1.67 bits per heavy atom. The largest absolute Gasteiger partial charge is 0.331 e. The van der Waals surface area contributed by atoms with E-state index in [1.54, 1.807) is 0 Å². The average Bonchev–Trinajstić information content (AvgIpc) is 1.35. The summed E-state index contributed by atoms with van der Waals surface area (Å²) in [5.41, 5.74) is 4.98. The molecule has 0 fully saturated rings. The summed E-state index contributed by atoms with van der Waals surface area (Å²) < 4.78 is -0.986. The van der Waals surface area contributed by atoms with Crippen molar-refractivity contribution in [2.24, 2.45) is 5.73 Å². The van der Waals surface area contributed by atoms with Crippen LogP contribution in [0, 0.1) is 0 Å². The third-order valence-corrected chi connectivity index (χ3v) is 0.510. The summed E-state index contributed by atoms with van der Waals surface area (Å²) in [6, 6.07) is 0. The van der Waals surface area contributed by atoms with Gasteiger partial charge in [-0.2, -0.15) is 12.6 Å². The molecule has 0 saturated heterocycles. The fraction of sp³-hybridized carbons (Fsp3) is 1.00. The SMILES string of the molecule is [B]C([B])(S)CN. The van der Waals surface area contributed by atoms with Crippen LogP contribution in [0.4, 0.5) is 0 Å². The molecule has 0 aliphatic heterocycles. The standard InChI is InChI=1S/C2H5B2NS/c3-2(4,6)1-5/h6H,1,5H2. The van der Waals surface area contributed by atoms with Gasteiger partial charge in [0.2, 0.25) is 0 Å². The molecule has 0 amide bonds. The van der Waals surface area contributed by atoms with E-state index in [9.17, 15) is 0 Å². The van der Waals surface area contributed by atoms with Crippen LogP contribution in [0.15, 0.2) is 0 Å². The first-order chi connectivity index (χ1) is 2.56. The van der Waals surface area contributed by atoms with Gasteiger partial charge in [-0.05, 0) is 11.1 Å². The van der Waals surface area contributed by atoms with E-state index in [0.29, 0.717) is 0 Å². The fourth-order valence-corrected chi connectivity index (χ4v) is 0. The van der Waals surface area contributed by atoms with Crippen LogP contribution in [0.3, 0.4) is 0 Å². The first-order valence-corrected chi connectivity index (χ1v) is 2.01. The molecule has 0 aromatic rings. The molecule has 30 valence electrons. The monoisotopic (exact) mass is 97.0 g/mol. The summed E-state index contributed by atoms with van der Waals surface area (Å²) in [5, 5.41) is 0. The normalized spacial score (nSPS) is 11.7. The van der Waals surface area contributed by atoms with Crippen LogP contribution in [-0.2, 0) is 0 Å². The Balaban J connectivity index is 3.17. The lowest BCUT2D eigenvalue weighted by molar-refractivity contribution is 1.04. The van der Waals surface area contributed by atoms with Crippen molar-refractivity contribution >= 4 is 28.3 Å². The smallest absolute Gasteiger partial charge is 0.0776 e. The van der Waals surface area contributed by atoms with Crippen LogP contribution in [-0.4, -0.2) is 26.8 Å². The van der Waals surface area contributed by atoms with E-state index in [2.05, 4.69) is 12.6 Å². The van der Waals surface area contributed by atoms with Crippen molar-refractivity contribution in [1.82, 2.24) is 0 Å². The molecule has 0 rings (SSSR count). The van der Waals surface area contributed by atoms with E-state index in [4.69, 9.17) is 21.4 Å². The fourth-order valence-electron chi connectivity index (χ4n) is 0. The zero-order chi connectivity index (χ0) is 5.21. The molecule has 0 aliphatic carbocycles. The molecule has 0 aromatic carbocycles. The van der Waals surface area contributed by atoms with Crippen molar-refractivity contribution in [3.63, 3.8) is 0 Å². The number of thiol groups is 1. The molecular formula is C2H5B2NS. The highest BCUT2D eigenvalue weighted by molar-refractivity contribution is 7.84. The van der Waals surface area contributed by atoms with Crippen molar-refractivity contribution in [2.75, 3.05) is 6.54 Å². The lowest BCUT2D eigenvalue weighted by atomic mass is 9.70. The molecule has 0 atom stereocenters. The van der Waals surface area contributed by atoms with Gasteiger partial charge in [-0.15, -0.1) is 0 Å². The van der Waals surface area contributed by atoms with E-state index in [1.807, 2.05) is 0 Å². The van der Waals surface area contributed by atoms with E-state index in [1.165, 1.54) is 0 Å². The first-order valence-electron chi connectivity index (χ1n) is 1.56.